The monoisotopic (exact) mass is 462 g/mol. The zero-order valence-electron chi connectivity index (χ0n) is 17.2. The van der Waals surface area contributed by atoms with Crippen molar-refractivity contribution in [2.45, 2.75) is 37.5 Å². The fourth-order valence-electron chi connectivity index (χ4n) is 3.92. The van der Waals surface area contributed by atoms with Gasteiger partial charge in [-0.2, -0.15) is 21.6 Å². The van der Waals surface area contributed by atoms with Gasteiger partial charge in [0.05, 0.1) is 6.10 Å². The molecule has 2 atom stereocenters. The minimum atomic E-state index is -5.77. The number of allylic oxidation sites excluding steroid dienone is 1. The summed E-state index contributed by atoms with van der Waals surface area (Å²) in [5.74, 6) is -0.313. The Labute approximate surface area is 184 Å². The predicted molar refractivity (Wildman–Crippen MR) is 115 cm³/mol. The van der Waals surface area contributed by atoms with Crippen molar-refractivity contribution in [2.75, 3.05) is 0 Å². The van der Waals surface area contributed by atoms with E-state index in [9.17, 15) is 21.6 Å². The Morgan fingerprint density at radius 2 is 1.59 bits per heavy atom. The highest BCUT2D eigenvalue weighted by Crippen LogP contribution is 2.44. The van der Waals surface area contributed by atoms with Crippen molar-refractivity contribution >= 4 is 20.9 Å². The van der Waals surface area contributed by atoms with Gasteiger partial charge in [-0.25, -0.2) is 0 Å². The molecular formula is C24H21F3O4S. The van der Waals surface area contributed by atoms with Crippen LogP contribution in [0.4, 0.5) is 13.2 Å². The topological polar surface area (TPSA) is 52.6 Å². The Bertz CT molecular complexity index is 1250. The molecule has 3 aromatic rings. The molecule has 4 nitrogen and oxygen atoms in total. The summed E-state index contributed by atoms with van der Waals surface area (Å²) in [5, 5.41) is 1.95. The molecule has 1 aliphatic rings. The first kappa shape index (κ1) is 22.4. The fourth-order valence-corrected chi connectivity index (χ4v) is 4.45. The summed E-state index contributed by atoms with van der Waals surface area (Å²) in [7, 11) is -5.77. The van der Waals surface area contributed by atoms with Crippen LogP contribution in [0.1, 0.15) is 43.1 Å². The molecule has 0 aromatic heterocycles. The molecule has 2 unspecified atom stereocenters. The minimum Gasteiger partial charge on any atom is -0.381 e. The Morgan fingerprint density at radius 3 is 2.28 bits per heavy atom. The first-order valence-electron chi connectivity index (χ1n) is 10.1. The Hall–Kier alpha value is -2.84. The summed E-state index contributed by atoms with van der Waals surface area (Å²) in [5.41, 5.74) is -3.47. The first-order chi connectivity index (χ1) is 15.2. The largest absolute Gasteiger partial charge is 0.534 e. The summed E-state index contributed by atoms with van der Waals surface area (Å²) in [6, 6.07) is 22.8. The number of benzene rings is 3. The number of rotatable bonds is 4. The Kier molecular flexibility index (Phi) is 6.01. The quantitative estimate of drug-likeness (QED) is 0.250. The maximum Gasteiger partial charge on any atom is 0.534 e. The van der Waals surface area contributed by atoms with Crippen LogP contribution in [0.25, 0.3) is 10.8 Å². The first-order valence-corrected chi connectivity index (χ1v) is 11.5. The molecule has 4 rings (SSSR count). The lowest BCUT2D eigenvalue weighted by atomic mass is 9.89. The van der Waals surface area contributed by atoms with Crippen molar-refractivity contribution in [2.24, 2.45) is 0 Å². The third kappa shape index (κ3) is 4.52. The summed E-state index contributed by atoms with van der Waals surface area (Å²) in [6.07, 6.45) is -0.225. The third-order valence-corrected chi connectivity index (χ3v) is 6.55. The van der Waals surface area contributed by atoms with Crippen molar-refractivity contribution in [3.8, 4) is 0 Å². The number of halogens is 3. The van der Waals surface area contributed by atoms with Gasteiger partial charge in [0.25, 0.3) is 0 Å². The molecule has 0 aliphatic carbocycles. The molecule has 0 amide bonds. The number of ether oxygens (including phenoxy) is 1. The molecule has 1 heterocycles. The lowest BCUT2D eigenvalue weighted by Crippen LogP contribution is -2.26. The summed E-state index contributed by atoms with van der Waals surface area (Å²) in [4.78, 5) is 0. The molecule has 1 aliphatic heterocycles. The van der Waals surface area contributed by atoms with E-state index in [0.717, 1.165) is 16.3 Å². The minimum absolute atomic E-state index is 0.288. The van der Waals surface area contributed by atoms with E-state index in [0.29, 0.717) is 24.0 Å². The number of hydrogen-bond donors (Lipinski definition) is 0. The van der Waals surface area contributed by atoms with Crippen molar-refractivity contribution in [1.29, 1.82) is 0 Å². The maximum absolute atomic E-state index is 12.9. The standard InChI is InChI=1S/C24H21F3O4S/c1-16(31-32(28,29)24(25,26)27)21-13-14-22(18-8-3-2-4-9-18)30-23(21)20-12-11-17-7-5-6-10-19(17)15-20/h2-12,15,22-23H,13-14H2,1H3/b21-16+. The second kappa shape index (κ2) is 8.60. The molecule has 1 fully saturated rings. The fraction of sp³-hybridized carbons (Fsp3) is 0.250. The van der Waals surface area contributed by atoms with Crippen LogP contribution in [0.2, 0.25) is 0 Å². The van der Waals surface area contributed by atoms with Crippen molar-refractivity contribution in [3.63, 3.8) is 0 Å². The van der Waals surface area contributed by atoms with Crippen LogP contribution in [0, 0.1) is 0 Å². The van der Waals surface area contributed by atoms with Crippen LogP contribution in [0.5, 0.6) is 0 Å². The normalized spacial score (nSPS) is 21.4. The van der Waals surface area contributed by atoms with Gasteiger partial charge in [-0.1, -0.05) is 66.7 Å². The van der Waals surface area contributed by atoms with Gasteiger partial charge < -0.3 is 8.92 Å². The van der Waals surface area contributed by atoms with Gasteiger partial charge in [0.1, 0.15) is 11.9 Å². The van der Waals surface area contributed by atoms with E-state index < -0.39 is 21.7 Å². The van der Waals surface area contributed by atoms with Gasteiger partial charge in [0.15, 0.2) is 0 Å². The summed E-state index contributed by atoms with van der Waals surface area (Å²) >= 11 is 0. The van der Waals surface area contributed by atoms with Gasteiger partial charge in [-0.15, -0.1) is 0 Å². The van der Waals surface area contributed by atoms with E-state index in [4.69, 9.17) is 4.74 Å². The van der Waals surface area contributed by atoms with E-state index in [1.807, 2.05) is 72.8 Å². The summed E-state index contributed by atoms with van der Waals surface area (Å²) in [6.45, 7) is 1.23. The maximum atomic E-state index is 12.9. The zero-order chi connectivity index (χ0) is 22.9. The molecular weight excluding hydrogens is 441 g/mol. The lowest BCUT2D eigenvalue weighted by molar-refractivity contribution is -0.0530. The van der Waals surface area contributed by atoms with Crippen LogP contribution in [0.3, 0.4) is 0 Å². The molecule has 0 saturated carbocycles. The van der Waals surface area contributed by atoms with E-state index >= 15 is 0 Å². The van der Waals surface area contributed by atoms with Gasteiger partial charge >= 0.3 is 15.6 Å². The SMILES string of the molecule is C/C(OS(=O)(=O)C(F)(F)F)=C1/CCC(c2ccccc2)OC1c1ccc2ccccc2c1. The second-order valence-electron chi connectivity index (χ2n) is 7.63. The second-order valence-corrected chi connectivity index (χ2v) is 9.16. The van der Waals surface area contributed by atoms with E-state index in [2.05, 4.69) is 4.18 Å². The van der Waals surface area contributed by atoms with E-state index in [1.54, 1.807) is 0 Å². The van der Waals surface area contributed by atoms with Gasteiger partial charge in [0.2, 0.25) is 0 Å². The molecule has 8 heteroatoms. The molecule has 32 heavy (non-hydrogen) atoms. The molecule has 3 aromatic carbocycles. The molecule has 0 N–H and O–H groups in total. The van der Waals surface area contributed by atoms with Crippen molar-refractivity contribution < 1.29 is 30.5 Å². The number of hydrogen-bond acceptors (Lipinski definition) is 4. The van der Waals surface area contributed by atoms with Gasteiger partial charge in [-0.05, 0) is 47.7 Å². The summed E-state index contributed by atoms with van der Waals surface area (Å²) < 4.78 is 72.6. The molecule has 1 saturated heterocycles. The van der Waals surface area contributed by atoms with E-state index in [1.165, 1.54) is 6.92 Å². The number of fused-ring (bicyclic) bond motifs is 1. The molecule has 0 radical (unpaired) electrons. The lowest BCUT2D eigenvalue weighted by Gasteiger charge is -2.34. The highest BCUT2D eigenvalue weighted by molar-refractivity contribution is 7.87. The smallest absolute Gasteiger partial charge is 0.381 e. The Morgan fingerprint density at radius 1 is 0.938 bits per heavy atom. The van der Waals surface area contributed by atoms with Crippen molar-refractivity contribution in [1.82, 2.24) is 0 Å². The third-order valence-electron chi connectivity index (χ3n) is 5.51. The highest BCUT2D eigenvalue weighted by Gasteiger charge is 2.49. The Balaban J connectivity index is 1.76. The van der Waals surface area contributed by atoms with Crippen LogP contribution in [-0.2, 0) is 19.0 Å². The van der Waals surface area contributed by atoms with Crippen LogP contribution >= 0.6 is 0 Å². The van der Waals surface area contributed by atoms with Crippen molar-refractivity contribution in [3.05, 3.63) is 95.3 Å². The van der Waals surface area contributed by atoms with Gasteiger partial charge in [-0.3, -0.25) is 0 Å². The van der Waals surface area contributed by atoms with E-state index in [-0.39, 0.29) is 11.9 Å². The van der Waals surface area contributed by atoms with Crippen LogP contribution in [-0.4, -0.2) is 13.9 Å². The van der Waals surface area contributed by atoms with Gasteiger partial charge in [0, 0.05) is 5.57 Å². The average Bonchev–Trinajstić information content (AvgIpc) is 2.78. The number of alkyl halides is 3. The van der Waals surface area contributed by atoms with Crippen LogP contribution < -0.4 is 0 Å². The zero-order valence-corrected chi connectivity index (χ0v) is 18.0. The average molecular weight is 462 g/mol. The van der Waals surface area contributed by atoms with Crippen LogP contribution in [0.15, 0.2) is 84.1 Å². The molecule has 168 valence electrons. The molecule has 0 spiro atoms. The highest BCUT2D eigenvalue weighted by atomic mass is 32.2. The predicted octanol–water partition coefficient (Wildman–Crippen LogP) is 6.57. The molecule has 0 bridgehead atoms.